The van der Waals surface area contributed by atoms with Gasteiger partial charge in [0.2, 0.25) is 0 Å². The molecule has 0 bridgehead atoms. The molecule has 80 valence electrons. The second-order valence-corrected chi connectivity index (χ2v) is 2.66. The maximum Gasteiger partial charge on any atom is 0.148 e. The van der Waals surface area contributed by atoms with E-state index in [9.17, 15) is 0 Å². The average molecular weight is 204 g/mol. The van der Waals surface area contributed by atoms with Gasteiger partial charge in [0.05, 0.1) is 5.69 Å². The van der Waals surface area contributed by atoms with Crippen molar-refractivity contribution < 1.29 is 0 Å². The summed E-state index contributed by atoms with van der Waals surface area (Å²) in [5, 5.41) is 9.92. The molecule has 2 aromatic heterocycles. The van der Waals surface area contributed by atoms with E-state index in [0.29, 0.717) is 0 Å². The zero-order chi connectivity index (χ0) is 11.1. The lowest BCUT2D eigenvalue weighted by Gasteiger charge is -1.92. The van der Waals surface area contributed by atoms with E-state index in [4.69, 9.17) is 0 Å². The van der Waals surface area contributed by atoms with Crippen LogP contribution in [0.5, 0.6) is 0 Å². The van der Waals surface area contributed by atoms with Gasteiger partial charge in [0.1, 0.15) is 5.82 Å². The molecule has 2 N–H and O–H groups in total. The fourth-order valence-corrected chi connectivity index (χ4v) is 1.12. The number of H-pyrrole nitrogens is 1. The van der Waals surface area contributed by atoms with Gasteiger partial charge in [0.15, 0.2) is 0 Å². The van der Waals surface area contributed by atoms with Crippen LogP contribution in [0.1, 0.15) is 13.8 Å². The summed E-state index contributed by atoms with van der Waals surface area (Å²) in [5.41, 5.74) is 2.01. The number of aromatic nitrogens is 3. The van der Waals surface area contributed by atoms with Gasteiger partial charge < -0.3 is 5.32 Å². The van der Waals surface area contributed by atoms with Crippen LogP contribution in [0.2, 0.25) is 0 Å². The molecular formula is C11H16N4. The van der Waals surface area contributed by atoms with Gasteiger partial charge in [0, 0.05) is 31.1 Å². The molecule has 4 nitrogen and oxygen atoms in total. The first kappa shape index (κ1) is 11.2. The summed E-state index contributed by atoms with van der Waals surface area (Å²) in [4.78, 5) is 4.03. The molecule has 0 saturated heterocycles. The number of pyridine rings is 1. The number of nitrogens with zero attached hydrogens (tertiary/aromatic N) is 2. The molecule has 0 aromatic carbocycles. The molecule has 0 aliphatic heterocycles. The van der Waals surface area contributed by atoms with Crippen LogP contribution in [-0.4, -0.2) is 22.2 Å². The van der Waals surface area contributed by atoms with E-state index < -0.39 is 0 Å². The summed E-state index contributed by atoms with van der Waals surface area (Å²) in [6, 6.07) is 5.83. The molecule has 0 spiro atoms. The van der Waals surface area contributed by atoms with Gasteiger partial charge in [-0.05, 0) is 12.1 Å². The van der Waals surface area contributed by atoms with Crippen LogP contribution < -0.4 is 5.32 Å². The summed E-state index contributed by atoms with van der Waals surface area (Å²) in [5.74, 6) is 0.832. The third kappa shape index (κ3) is 2.80. The van der Waals surface area contributed by atoms with Gasteiger partial charge in [-0.2, -0.15) is 5.10 Å². The molecular weight excluding hydrogens is 188 g/mol. The van der Waals surface area contributed by atoms with Crippen molar-refractivity contribution in [3.8, 4) is 11.3 Å². The number of nitrogens with one attached hydrogen (secondary N) is 2. The SMILES string of the molecule is CC.CNc1cc(-c2cccnc2)[nH]n1. The van der Waals surface area contributed by atoms with Crippen molar-refractivity contribution in [1.82, 2.24) is 15.2 Å². The van der Waals surface area contributed by atoms with Crippen molar-refractivity contribution in [3.05, 3.63) is 30.6 Å². The fourth-order valence-electron chi connectivity index (χ4n) is 1.12. The lowest BCUT2D eigenvalue weighted by Crippen LogP contribution is -1.85. The van der Waals surface area contributed by atoms with Gasteiger partial charge in [-0.15, -0.1) is 0 Å². The van der Waals surface area contributed by atoms with Gasteiger partial charge in [0.25, 0.3) is 0 Å². The number of hydrogen-bond acceptors (Lipinski definition) is 3. The first-order valence-electron chi connectivity index (χ1n) is 5.03. The molecule has 2 aromatic rings. The molecule has 0 radical (unpaired) electrons. The second-order valence-electron chi connectivity index (χ2n) is 2.66. The Balaban J connectivity index is 0.000000531. The van der Waals surface area contributed by atoms with Crippen LogP contribution in [0.15, 0.2) is 30.6 Å². The minimum atomic E-state index is 0.832. The van der Waals surface area contributed by atoms with Gasteiger partial charge in [-0.25, -0.2) is 0 Å². The number of aromatic amines is 1. The fraction of sp³-hybridized carbons (Fsp3) is 0.273. The standard InChI is InChI=1S/C9H10N4.C2H6/c1-10-9-5-8(12-13-9)7-3-2-4-11-6-7;1-2/h2-6H,1H3,(H2,10,12,13);1-2H3. The summed E-state index contributed by atoms with van der Waals surface area (Å²) in [7, 11) is 1.84. The smallest absolute Gasteiger partial charge is 0.148 e. The number of hydrogen-bond donors (Lipinski definition) is 2. The minimum Gasteiger partial charge on any atom is -0.372 e. The molecule has 0 fully saturated rings. The largest absolute Gasteiger partial charge is 0.372 e. The van der Waals surface area contributed by atoms with Crippen LogP contribution in [0.4, 0.5) is 5.82 Å². The van der Waals surface area contributed by atoms with E-state index in [1.807, 2.05) is 39.1 Å². The molecule has 4 heteroatoms. The Hall–Kier alpha value is -1.84. The molecule has 0 aliphatic rings. The van der Waals surface area contributed by atoms with Crippen LogP contribution >= 0.6 is 0 Å². The summed E-state index contributed by atoms with van der Waals surface area (Å²) in [6.45, 7) is 4.00. The highest BCUT2D eigenvalue weighted by Crippen LogP contribution is 2.17. The highest BCUT2D eigenvalue weighted by atomic mass is 15.2. The maximum atomic E-state index is 4.05. The predicted molar refractivity (Wildman–Crippen MR) is 62.7 cm³/mol. The molecule has 0 amide bonds. The second kappa shape index (κ2) is 5.80. The van der Waals surface area contributed by atoms with Crippen molar-refractivity contribution in [2.45, 2.75) is 13.8 Å². The molecule has 15 heavy (non-hydrogen) atoms. The first-order chi connectivity index (χ1) is 7.40. The zero-order valence-electron chi connectivity index (χ0n) is 9.28. The Morgan fingerprint density at radius 2 is 2.13 bits per heavy atom. The molecule has 2 rings (SSSR count). The Morgan fingerprint density at radius 3 is 2.67 bits per heavy atom. The lowest BCUT2D eigenvalue weighted by atomic mass is 10.2. The Bertz CT molecular complexity index is 380. The molecule has 0 unspecified atom stereocenters. The van der Waals surface area contributed by atoms with Crippen LogP contribution in [-0.2, 0) is 0 Å². The minimum absolute atomic E-state index is 0.832. The van der Waals surface area contributed by atoms with Gasteiger partial charge in [-0.1, -0.05) is 13.8 Å². The Labute approximate surface area is 89.8 Å². The van der Waals surface area contributed by atoms with Gasteiger partial charge >= 0.3 is 0 Å². The van der Waals surface area contributed by atoms with E-state index in [1.165, 1.54) is 0 Å². The maximum absolute atomic E-state index is 4.05. The molecule has 0 atom stereocenters. The third-order valence-electron chi connectivity index (χ3n) is 1.81. The molecule has 2 heterocycles. The van der Waals surface area contributed by atoms with E-state index >= 15 is 0 Å². The van der Waals surface area contributed by atoms with E-state index in [1.54, 1.807) is 12.4 Å². The van der Waals surface area contributed by atoms with E-state index in [2.05, 4.69) is 20.5 Å². The monoisotopic (exact) mass is 204 g/mol. The summed E-state index contributed by atoms with van der Waals surface area (Å²) >= 11 is 0. The van der Waals surface area contributed by atoms with Crippen molar-refractivity contribution in [2.75, 3.05) is 12.4 Å². The molecule has 0 aliphatic carbocycles. The highest BCUT2D eigenvalue weighted by molar-refractivity contribution is 5.61. The van der Waals surface area contributed by atoms with E-state index in [-0.39, 0.29) is 0 Å². The topological polar surface area (TPSA) is 53.6 Å². The van der Waals surface area contributed by atoms with Gasteiger partial charge in [-0.3, -0.25) is 10.1 Å². The van der Waals surface area contributed by atoms with Crippen molar-refractivity contribution in [1.29, 1.82) is 0 Å². The molecule has 0 saturated carbocycles. The number of anilines is 1. The van der Waals surface area contributed by atoms with Crippen LogP contribution in [0, 0.1) is 0 Å². The van der Waals surface area contributed by atoms with E-state index in [0.717, 1.165) is 17.1 Å². The Morgan fingerprint density at radius 1 is 1.33 bits per heavy atom. The summed E-state index contributed by atoms with van der Waals surface area (Å²) in [6.07, 6.45) is 3.55. The highest BCUT2D eigenvalue weighted by Gasteiger charge is 2.00. The quantitative estimate of drug-likeness (QED) is 0.790. The number of rotatable bonds is 2. The average Bonchev–Trinajstić information content (AvgIpc) is 2.81. The normalized spacial score (nSPS) is 9.00. The third-order valence-corrected chi connectivity index (χ3v) is 1.81. The predicted octanol–water partition coefficient (Wildman–Crippen LogP) is 2.54. The van der Waals surface area contributed by atoms with Crippen molar-refractivity contribution in [2.24, 2.45) is 0 Å². The van der Waals surface area contributed by atoms with Crippen molar-refractivity contribution in [3.63, 3.8) is 0 Å². The summed E-state index contributed by atoms with van der Waals surface area (Å²) < 4.78 is 0. The Kier molecular flexibility index (Phi) is 4.34. The zero-order valence-corrected chi connectivity index (χ0v) is 9.28. The van der Waals surface area contributed by atoms with Crippen LogP contribution in [0.3, 0.4) is 0 Å². The van der Waals surface area contributed by atoms with Crippen LogP contribution in [0.25, 0.3) is 11.3 Å². The first-order valence-corrected chi connectivity index (χ1v) is 5.03. The van der Waals surface area contributed by atoms with Crippen molar-refractivity contribution >= 4 is 5.82 Å². The lowest BCUT2D eigenvalue weighted by molar-refractivity contribution is 1.09.